The number of nitrogens with one attached hydrogen (secondary N) is 1. The highest BCUT2D eigenvalue weighted by atomic mass is 16.2. The van der Waals surface area contributed by atoms with Gasteiger partial charge in [-0.2, -0.15) is 5.26 Å². The molecule has 2 amide bonds. The van der Waals surface area contributed by atoms with Crippen LogP contribution < -0.4 is 10.2 Å². The summed E-state index contributed by atoms with van der Waals surface area (Å²) >= 11 is 0. The zero-order chi connectivity index (χ0) is 19.7. The van der Waals surface area contributed by atoms with Crippen LogP contribution in [0.3, 0.4) is 0 Å². The summed E-state index contributed by atoms with van der Waals surface area (Å²) in [4.78, 5) is 25.1. The minimum atomic E-state index is -0.00659. The second-order valence-corrected chi connectivity index (χ2v) is 7.58. The Bertz CT molecular complexity index is 923. The standard InChI is InChI=1S/C21H24N6O/c1-14-5-3-4-6-16(14)17-11-18(17)25-21(28)27-10-9-26(13-15(27)2)20-19(12-22)23-7-8-24-20/h3-8,15,17-18H,9-11,13H2,1-2H3,(H,25,28)/t15-,17+,18+/m1/s1. The van der Waals surface area contributed by atoms with E-state index in [0.717, 1.165) is 6.42 Å². The van der Waals surface area contributed by atoms with E-state index in [1.165, 1.54) is 17.3 Å². The highest BCUT2D eigenvalue weighted by molar-refractivity contribution is 5.76. The van der Waals surface area contributed by atoms with Gasteiger partial charge in [0.05, 0.1) is 0 Å². The van der Waals surface area contributed by atoms with Crippen molar-refractivity contribution in [1.29, 1.82) is 5.26 Å². The van der Waals surface area contributed by atoms with E-state index in [4.69, 9.17) is 0 Å². The minimum Gasteiger partial charge on any atom is -0.350 e. The molecule has 3 atom stereocenters. The molecule has 0 bridgehead atoms. The van der Waals surface area contributed by atoms with Gasteiger partial charge < -0.3 is 15.1 Å². The molecule has 7 heteroatoms. The molecule has 7 nitrogen and oxygen atoms in total. The van der Waals surface area contributed by atoms with E-state index in [1.54, 1.807) is 6.20 Å². The van der Waals surface area contributed by atoms with Crippen LogP contribution in [0.25, 0.3) is 0 Å². The highest BCUT2D eigenvalue weighted by Gasteiger charge is 2.41. The Morgan fingerprint density at radius 3 is 2.79 bits per heavy atom. The van der Waals surface area contributed by atoms with E-state index in [2.05, 4.69) is 46.5 Å². The number of carbonyl (C=O) groups is 1. The van der Waals surface area contributed by atoms with Crippen molar-refractivity contribution in [2.24, 2.45) is 0 Å². The summed E-state index contributed by atoms with van der Waals surface area (Å²) in [5.41, 5.74) is 2.94. The van der Waals surface area contributed by atoms with E-state index in [-0.39, 0.29) is 18.1 Å². The summed E-state index contributed by atoms with van der Waals surface area (Å²) in [6.07, 6.45) is 4.12. The number of anilines is 1. The van der Waals surface area contributed by atoms with Crippen LogP contribution in [0.15, 0.2) is 36.7 Å². The number of rotatable bonds is 3. The number of urea groups is 1. The lowest BCUT2D eigenvalue weighted by molar-refractivity contribution is 0.170. The third-order valence-electron chi connectivity index (χ3n) is 5.66. The molecule has 1 aliphatic carbocycles. The Kier molecular flexibility index (Phi) is 4.86. The van der Waals surface area contributed by atoms with Crippen molar-refractivity contribution < 1.29 is 4.79 Å². The van der Waals surface area contributed by atoms with Crippen LogP contribution in [-0.2, 0) is 0 Å². The van der Waals surface area contributed by atoms with Crippen LogP contribution in [0.5, 0.6) is 0 Å². The number of benzene rings is 1. The number of hydrogen-bond acceptors (Lipinski definition) is 5. The Morgan fingerprint density at radius 2 is 2.04 bits per heavy atom. The number of aryl methyl sites for hydroxylation is 1. The molecule has 2 heterocycles. The first kappa shape index (κ1) is 18.2. The molecule has 1 aromatic carbocycles. The smallest absolute Gasteiger partial charge is 0.317 e. The number of nitrogens with zero attached hydrogens (tertiary/aromatic N) is 5. The Balaban J connectivity index is 1.36. The van der Waals surface area contributed by atoms with Crippen molar-refractivity contribution in [1.82, 2.24) is 20.2 Å². The number of nitriles is 1. The molecule has 0 radical (unpaired) electrons. The summed E-state index contributed by atoms with van der Waals surface area (Å²) in [6, 6.07) is 10.7. The third kappa shape index (κ3) is 3.50. The molecule has 1 aliphatic heterocycles. The number of aromatic nitrogens is 2. The maximum atomic E-state index is 12.8. The van der Waals surface area contributed by atoms with Crippen molar-refractivity contribution in [2.75, 3.05) is 24.5 Å². The van der Waals surface area contributed by atoms with E-state index in [0.29, 0.717) is 37.1 Å². The normalized spacial score (nSPS) is 23.8. The minimum absolute atomic E-state index is 0.00659. The first-order valence-electron chi connectivity index (χ1n) is 9.67. The zero-order valence-electron chi connectivity index (χ0n) is 16.2. The predicted molar refractivity (Wildman–Crippen MR) is 106 cm³/mol. The molecule has 28 heavy (non-hydrogen) atoms. The Labute approximate surface area is 165 Å². The quantitative estimate of drug-likeness (QED) is 0.889. The molecule has 1 saturated heterocycles. The van der Waals surface area contributed by atoms with E-state index in [9.17, 15) is 10.1 Å². The molecule has 4 rings (SSSR count). The van der Waals surface area contributed by atoms with Crippen molar-refractivity contribution in [3.63, 3.8) is 0 Å². The van der Waals surface area contributed by atoms with Gasteiger partial charge in [0.15, 0.2) is 11.5 Å². The van der Waals surface area contributed by atoms with Gasteiger partial charge in [-0.3, -0.25) is 0 Å². The summed E-state index contributed by atoms with van der Waals surface area (Å²) in [6.45, 7) is 6.01. The second kappa shape index (κ2) is 7.47. The van der Waals surface area contributed by atoms with Crippen molar-refractivity contribution in [3.05, 3.63) is 53.5 Å². The fourth-order valence-corrected chi connectivity index (χ4v) is 4.04. The van der Waals surface area contributed by atoms with Gasteiger partial charge in [-0.1, -0.05) is 24.3 Å². The average molecular weight is 376 g/mol. The van der Waals surface area contributed by atoms with E-state index >= 15 is 0 Å². The lowest BCUT2D eigenvalue weighted by atomic mass is 10.0. The number of hydrogen-bond donors (Lipinski definition) is 1. The molecule has 2 fully saturated rings. The van der Waals surface area contributed by atoms with E-state index < -0.39 is 0 Å². The summed E-state index contributed by atoms with van der Waals surface area (Å²) < 4.78 is 0. The van der Waals surface area contributed by atoms with Gasteiger partial charge in [-0.05, 0) is 31.4 Å². The van der Waals surface area contributed by atoms with Crippen LogP contribution in [0.1, 0.15) is 36.1 Å². The molecule has 0 unspecified atom stereocenters. The largest absolute Gasteiger partial charge is 0.350 e. The van der Waals surface area contributed by atoms with Gasteiger partial charge in [-0.25, -0.2) is 14.8 Å². The molecule has 2 aliphatic rings. The Morgan fingerprint density at radius 1 is 1.25 bits per heavy atom. The summed E-state index contributed by atoms with van der Waals surface area (Å²) in [7, 11) is 0. The van der Waals surface area contributed by atoms with Gasteiger partial charge in [0.2, 0.25) is 0 Å². The number of carbonyl (C=O) groups excluding carboxylic acids is 1. The van der Waals surface area contributed by atoms with Crippen LogP contribution in [0.2, 0.25) is 0 Å². The van der Waals surface area contributed by atoms with Gasteiger partial charge in [0.1, 0.15) is 6.07 Å². The molecule has 0 spiro atoms. The third-order valence-corrected chi connectivity index (χ3v) is 5.66. The molecule has 2 aromatic rings. The molecule has 1 saturated carbocycles. The fourth-order valence-electron chi connectivity index (χ4n) is 4.04. The molecule has 1 N–H and O–H groups in total. The molecular weight excluding hydrogens is 352 g/mol. The van der Waals surface area contributed by atoms with Crippen molar-refractivity contribution in [2.45, 2.75) is 38.3 Å². The maximum Gasteiger partial charge on any atom is 0.317 e. The SMILES string of the molecule is Cc1ccccc1[C@@H]1C[C@@H]1NC(=O)N1CCN(c2nccnc2C#N)C[C@H]1C. The van der Waals surface area contributed by atoms with Gasteiger partial charge >= 0.3 is 6.03 Å². The summed E-state index contributed by atoms with van der Waals surface area (Å²) in [5, 5.41) is 12.4. The Hall–Kier alpha value is -3.14. The average Bonchev–Trinajstić information content (AvgIpc) is 3.46. The lowest BCUT2D eigenvalue weighted by Gasteiger charge is -2.40. The lowest BCUT2D eigenvalue weighted by Crippen LogP contribution is -2.57. The second-order valence-electron chi connectivity index (χ2n) is 7.58. The van der Waals surface area contributed by atoms with Crippen LogP contribution >= 0.6 is 0 Å². The molecule has 144 valence electrons. The number of amides is 2. The summed E-state index contributed by atoms with van der Waals surface area (Å²) in [5.74, 6) is 1.01. The van der Waals surface area contributed by atoms with Gasteiger partial charge in [-0.15, -0.1) is 0 Å². The maximum absolute atomic E-state index is 12.8. The molecular formula is C21H24N6O. The molecule has 1 aromatic heterocycles. The first-order valence-corrected chi connectivity index (χ1v) is 9.67. The van der Waals surface area contributed by atoms with Crippen LogP contribution in [0, 0.1) is 18.3 Å². The topological polar surface area (TPSA) is 85.2 Å². The van der Waals surface area contributed by atoms with Gasteiger partial charge in [0, 0.05) is 50.0 Å². The van der Waals surface area contributed by atoms with Crippen molar-refractivity contribution >= 4 is 11.8 Å². The van der Waals surface area contributed by atoms with Crippen molar-refractivity contribution in [3.8, 4) is 6.07 Å². The fraction of sp³-hybridized carbons (Fsp3) is 0.429. The zero-order valence-corrected chi connectivity index (χ0v) is 16.2. The highest BCUT2D eigenvalue weighted by Crippen LogP contribution is 2.42. The van der Waals surface area contributed by atoms with Crippen LogP contribution in [0.4, 0.5) is 10.6 Å². The monoisotopic (exact) mass is 376 g/mol. The van der Waals surface area contributed by atoms with E-state index in [1.807, 2.05) is 22.8 Å². The van der Waals surface area contributed by atoms with Crippen LogP contribution in [-0.4, -0.2) is 52.6 Å². The number of piperazine rings is 1. The predicted octanol–water partition coefficient (Wildman–Crippen LogP) is 2.43. The van der Waals surface area contributed by atoms with Gasteiger partial charge in [0.25, 0.3) is 0 Å². The first-order chi connectivity index (χ1) is 13.6.